The molecule has 1 N–H and O–H groups in total. The van der Waals surface area contributed by atoms with Crippen LogP contribution in [0.5, 0.6) is 0 Å². The van der Waals surface area contributed by atoms with Crippen LogP contribution < -0.4 is 4.72 Å². The molecule has 0 aromatic heterocycles. The van der Waals surface area contributed by atoms with Crippen LogP contribution in [0.25, 0.3) is 0 Å². The Bertz CT molecular complexity index is 222. The van der Waals surface area contributed by atoms with Gasteiger partial charge in [-0.25, -0.2) is 13.1 Å². The lowest BCUT2D eigenvalue weighted by atomic mass is 10.2. The molecule has 4 heteroatoms. The van der Waals surface area contributed by atoms with E-state index in [1.165, 1.54) is 0 Å². The highest BCUT2D eigenvalue weighted by atomic mass is 32.2. The Labute approximate surface area is 82.0 Å². The first kappa shape index (κ1) is 12.9. The minimum absolute atomic E-state index is 0.0624. The first-order chi connectivity index (χ1) is 5.90. The molecule has 0 aliphatic rings. The van der Waals surface area contributed by atoms with Gasteiger partial charge in [-0.05, 0) is 27.2 Å². The van der Waals surface area contributed by atoms with Crippen molar-refractivity contribution in [3.63, 3.8) is 0 Å². The van der Waals surface area contributed by atoms with E-state index in [-0.39, 0.29) is 11.3 Å². The monoisotopic (exact) mass is 207 g/mol. The van der Waals surface area contributed by atoms with E-state index >= 15 is 0 Å². The van der Waals surface area contributed by atoms with E-state index in [2.05, 4.69) is 11.6 Å². The highest BCUT2D eigenvalue weighted by Gasteiger charge is 2.17. The highest BCUT2D eigenvalue weighted by Crippen LogP contribution is 2.04. The van der Waals surface area contributed by atoms with Crippen LogP contribution in [0.15, 0.2) is 0 Å². The third-order valence-electron chi connectivity index (χ3n) is 1.98. The van der Waals surface area contributed by atoms with Crippen molar-refractivity contribution in [3.05, 3.63) is 0 Å². The van der Waals surface area contributed by atoms with Crippen LogP contribution >= 0.6 is 0 Å². The van der Waals surface area contributed by atoms with Gasteiger partial charge < -0.3 is 0 Å². The molecular formula is C9H21NO2S. The predicted octanol–water partition coefficient (Wildman–Crippen LogP) is 1.89. The zero-order chi connectivity index (χ0) is 10.5. The molecule has 0 aliphatic heterocycles. The zero-order valence-electron chi connectivity index (χ0n) is 9.00. The van der Waals surface area contributed by atoms with Gasteiger partial charge in [0.05, 0.1) is 5.25 Å². The van der Waals surface area contributed by atoms with Crippen molar-refractivity contribution in [2.75, 3.05) is 0 Å². The van der Waals surface area contributed by atoms with Crippen LogP contribution in [-0.2, 0) is 10.0 Å². The molecule has 0 aromatic rings. The van der Waals surface area contributed by atoms with Gasteiger partial charge in [0.2, 0.25) is 10.0 Å². The minimum atomic E-state index is -3.08. The molecule has 0 aliphatic carbocycles. The fraction of sp³-hybridized carbons (Fsp3) is 1.00. The Kier molecular flexibility index (Phi) is 5.56. The molecule has 0 saturated heterocycles. The van der Waals surface area contributed by atoms with Crippen LogP contribution in [0, 0.1) is 0 Å². The largest absolute Gasteiger partial charge is 0.214 e. The van der Waals surface area contributed by atoms with Gasteiger partial charge in [0.1, 0.15) is 0 Å². The maximum atomic E-state index is 11.4. The summed E-state index contributed by atoms with van der Waals surface area (Å²) in [6.07, 6.45) is 3.10. The van der Waals surface area contributed by atoms with E-state index < -0.39 is 10.0 Å². The summed E-state index contributed by atoms with van der Waals surface area (Å²) in [6.45, 7) is 7.39. The van der Waals surface area contributed by atoms with Gasteiger partial charge in [-0.1, -0.05) is 19.8 Å². The van der Waals surface area contributed by atoms with E-state index in [9.17, 15) is 8.42 Å². The third kappa shape index (κ3) is 5.26. The molecule has 0 bridgehead atoms. The molecule has 0 heterocycles. The number of nitrogens with one attached hydrogen (secondary N) is 1. The molecular weight excluding hydrogens is 186 g/mol. The fourth-order valence-corrected chi connectivity index (χ4v) is 1.94. The first-order valence-electron chi connectivity index (χ1n) is 4.91. The maximum Gasteiger partial charge on any atom is 0.214 e. The van der Waals surface area contributed by atoms with Gasteiger partial charge in [0, 0.05) is 6.04 Å². The second kappa shape index (κ2) is 5.60. The Morgan fingerprint density at radius 2 is 1.77 bits per heavy atom. The number of hydrogen-bond donors (Lipinski definition) is 1. The summed E-state index contributed by atoms with van der Waals surface area (Å²) in [5.74, 6) is 0. The molecule has 0 saturated carbocycles. The van der Waals surface area contributed by atoms with Gasteiger partial charge >= 0.3 is 0 Å². The molecule has 0 amide bonds. The summed E-state index contributed by atoms with van der Waals surface area (Å²) >= 11 is 0. The Morgan fingerprint density at radius 1 is 1.23 bits per heavy atom. The van der Waals surface area contributed by atoms with Crippen molar-refractivity contribution in [1.29, 1.82) is 0 Å². The molecule has 80 valence electrons. The number of unbranched alkanes of at least 4 members (excludes halogenated alkanes) is 1. The second-order valence-corrected chi connectivity index (χ2v) is 6.02. The van der Waals surface area contributed by atoms with E-state index in [0.29, 0.717) is 0 Å². The van der Waals surface area contributed by atoms with E-state index in [0.717, 1.165) is 19.3 Å². The second-order valence-electron chi connectivity index (χ2n) is 3.75. The summed E-state index contributed by atoms with van der Waals surface area (Å²) in [5.41, 5.74) is 0. The average Bonchev–Trinajstić information content (AvgIpc) is 1.99. The Balaban J connectivity index is 3.98. The summed E-state index contributed by atoms with van der Waals surface area (Å²) in [5, 5.41) is -0.337. The van der Waals surface area contributed by atoms with Crippen molar-refractivity contribution in [2.45, 2.75) is 58.2 Å². The minimum Gasteiger partial charge on any atom is -0.212 e. The van der Waals surface area contributed by atoms with Crippen molar-refractivity contribution >= 4 is 10.0 Å². The number of hydrogen-bond acceptors (Lipinski definition) is 2. The van der Waals surface area contributed by atoms with Crippen molar-refractivity contribution in [2.24, 2.45) is 0 Å². The molecule has 3 nitrogen and oxygen atoms in total. The SMILES string of the molecule is CCCCC(C)NS(=O)(=O)C(C)C. The molecule has 0 spiro atoms. The van der Waals surface area contributed by atoms with E-state index in [1.807, 2.05) is 6.92 Å². The van der Waals surface area contributed by atoms with E-state index in [4.69, 9.17) is 0 Å². The standard InChI is InChI=1S/C9H21NO2S/c1-5-6-7-9(4)10-13(11,12)8(2)3/h8-10H,5-7H2,1-4H3. The van der Waals surface area contributed by atoms with Crippen LogP contribution in [0.4, 0.5) is 0 Å². The van der Waals surface area contributed by atoms with Gasteiger partial charge in [0.25, 0.3) is 0 Å². The first-order valence-corrected chi connectivity index (χ1v) is 6.46. The van der Waals surface area contributed by atoms with Gasteiger partial charge in [0.15, 0.2) is 0 Å². The number of rotatable bonds is 6. The molecule has 0 aromatic carbocycles. The lowest BCUT2D eigenvalue weighted by Gasteiger charge is -2.15. The molecule has 13 heavy (non-hydrogen) atoms. The summed E-state index contributed by atoms with van der Waals surface area (Å²) in [6, 6.07) is 0.0624. The Hall–Kier alpha value is -0.0900. The smallest absolute Gasteiger partial charge is 0.212 e. The maximum absolute atomic E-state index is 11.4. The Morgan fingerprint density at radius 3 is 2.15 bits per heavy atom. The summed E-state index contributed by atoms with van der Waals surface area (Å²) < 4.78 is 25.4. The van der Waals surface area contributed by atoms with Crippen molar-refractivity contribution in [3.8, 4) is 0 Å². The fourth-order valence-electron chi connectivity index (χ4n) is 0.986. The molecule has 1 unspecified atom stereocenters. The van der Waals surface area contributed by atoms with Crippen molar-refractivity contribution < 1.29 is 8.42 Å². The molecule has 0 rings (SSSR count). The van der Waals surface area contributed by atoms with Gasteiger partial charge in [-0.15, -0.1) is 0 Å². The normalized spacial score (nSPS) is 14.8. The zero-order valence-corrected chi connectivity index (χ0v) is 9.82. The summed E-state index contributed by atoms with van der Waals surface area (Å²) in [4.78, 5) is 0. The molecule has 0 radical (unpaired) electrons. The third-order valence-corrected chi connectivity index (χ3v) is 3.95. The van der Waals surface area contributed by atoms with Crippen LogP contribution in [0.2, 0.25) is 0 Å². The van der Waals surface area contributed by atoms with Crippen LogP contribution in [0.1, 0.15) is 47.0 Å². The van der Waals surface area contributed by atoms with Crippen LogP contribution in [-0.4, -0.2) is 19.7 Å². The quantitative estimate of drug-likeness (QED) is 0.723. The van der Waals surface area contributed by atoms with E-state index in [1.54, 1.807) is 13.8 Å². The summed E-state index contributed by atoms with van der Waals surface area (Å²) in [7, 11) is -3.08. The lowest BCUT2D eigenvalue weighted by molar-refractivity contribution is 0.528. The topological polar surface area (TPSA) is 46.2 Å². The van der Waals surface area contributed by atoms with Gasteiger partial charge in [-0.3, -0.25) is 0 Å². The van der Waals surface area contributed by atoms with Crippen LogP contribution in [0.3, 0.4) is 0 Å². The predicted molar refractivity (Wildman–Crippen MR) is 56.2 cm³/mol. The van der Waals surface area contributed by atoms with Crippen molar-refractivity contribution in [1.82, 2.24) is 4.72 Å². The highest BCUT2D eigenvalue weighted by molar-refractivity contribution is 7.90. The van der Waals surface area contributed by atoms with Gasteiger partial charge in [-0.2, -0.15) is 0 Å². The molecule has 0 fully saturated rings. The average molecular weight is 207 g/mol. The molecule has 1 atom stereocenters. The number of sulfonamides is 1. The lowest BCUT2D eigenvalue weighted by Crippen LogP contribution is -2.37.